The van der Waals surface area contributed by atoms with Crippen LogP contribution in [-0.4, -0.2) is 36.3 Å². The summed E-state index contributed by atoms with van der Waals surface area (Å²) < 4.78 is 5.58. The summed E-state index contributed by atoms with van der Waals surface area (Å²) in [6.07, 6.45) is 0. The van der Waals surface area contributed by atoms with Gasteiger partial charge in [-0.25, -0.2) is 4.98 Å². The number of nitrogens with two attached hydrogens (primary N) is 1. The Morgan fingerprint density at radius 2 is 2.25 bits per heavy atom. The molecule has 0 fully saturated rings. The van der Waals surface area contributed by atoms with E-state index in [1.54, 1.807) is 11.8 Å². The Morgan fingerprint density at radius 3 is 3.00 bits per heavy atom. The van der Waals surface area contributed by atoms with Gasteiger partial charge in [-0.05, 0) is 32.3 Å². The van der Waals surface area contributed by atoms with Crippen LogP contribution >= 0.6 is 11.8 Å². The molecular weight excluding hydrogens is 222 g/mol. The third-order valence-corrected chi connectivity index (χ3v) is 2.96. The van der Waals surface area contributed by atoms with Crippen LogP contribution in [0.4, 0.5) is 5.69 Å². The summed E-state index contributed by atoms with van der Waals surface area (Å²) in [5, 5.41) is 0.711. The predicted octanol–water partition coefficient (Wildman–Crippen LogP) is 2.06. The molecule has 1 aromatic heterocycles. The lowest BCUT2D eigenvalue weighted by atomic mass is 10.3. The summed E-state index contributed by atoms with van der Waals surface area (Å²) in [4.78, 5) is 6.50. The number of aromatic nitrogens is 1. The largest absolute Gasteiger partial charge is 0.431 e. The van der Waals surface area contributed by atoms with E-state index in [1.165, 1.54) is 0 Å². The van der Waals surface area contributed by atoms with Crippen LogP contribution in [0.5, 0.6) is 0 Å². The number of rotatable bonds is 4. The molecule has 0 atom stereocenters. The number of nitrogens with zero attached hydrogens (tertiary/aromatic N) is 2. The highest BCUT2D eigenvalue weighted by Gasteiger charge is 2.06. The van der Waals surface area contributed by atoms with E-state index in [4.69, 9.17) is 10.2 Å². The smallest absolute Gasteiger partial charge is 0.256 e. The summed E-state index contributed by atoms with van der Waals surface area (Å²) in [5.41, 5.74) is 8.01. The third-order valence-electron chi connectivity index (χ3n) is 2.16. The van der Waals surface area contributed by atoms with Crippen LogP contribution in [0.3, 0.4) is 0 Å². The number of anilines is 1. The standard InChI is InChI=1S/C11H15N3OS/c1-14(2)5-6-16-11-13-9-7-8(12)3-4-10(9)15-11/h3-4,7H,5-6,12H2,1-2H3. The molecule has 86 valence electrons. The van der Waals surface area contributed by atoms with Crippen molar-refractivity contribution in [2.24, 2.45) is 0 Å². The van der Waals surface area contributed by atoms with Gasteiger partial charge in [0.05, 0.1) is 0 Å². The maximum Gasteiger partial charge on any atom is 0.256 e. The number of benzene rings is 1. The quantitative estimate of drug-likeness (QED) is 0.651. The number of hydrogen-bond acceptors (Lipinski definition) is 5. The zero-order valence-electron chi connectivity index (χ0n) is 9.43. The van der Waals surface area contributed by atoms with Crippen molar-refractivity contribution in [3.8, 4) is 0 Å². The van der Waals surface area contributed by atoms with Gasteiger partial charge < -0.3 is 15.1 Å². The Labute approximate surface area is 98.8 Å². The normalized spacial score (nSPS) is 11.4. The average Bonchev–Trinajstić information content (AvgIpc) is 2.58. The number of nitrogen functional groups attached to an aromatic ring is 1. The summed E-state index contributed by atoms with van der Waals surface area (Å²) >= 11 is 1.62. The summed E-state index contributed by atoms with van der Waals surface area (Å²) in [7, 11) is 4.10. The van der Waals surface area contributed by atoms with E-state index in [1.807, 2.05) is 32.3 Å². The van der Waals surface area contributed by atoms with Crippen LogP contribution in [0.15, 0.2) is 27.8 Å². The van der Waals surface area contributed by atoms with E-state index in [0.29, 0.717) is 10.9 Å². The van der Waals surface area contributed by atoms with Crippen LogP contribution < -0.4 is 5.73 Å². The fourth-order valence-electron chi connectivity index (χ4n) is 1.30. The van der Waals surface area contributed by atoms with Gasteiger partial charge in [-0.3, -0.25) is 0 Å². The minimum atomic E-state index is 0.711. The minimum absolute atomic E-state index is 0.711. The lowest BCUT2D eigenvalue weighted by molar-refractivity contribution is 0.435. The van der Waals surface area contributed by atoms with Gasteiger partial charge in [0.2, 0.25) is 0 Å². The highest BCUT2D eigenvalue weighted by Crippen LogP contribution is 2.24. The monoisotopic (exact) mass is 237 g/mol. The van der Waals surface area contributed by atoms with Crippen molar-refractivity contribution < 1.29 is 4.42 Å². The molecule has 16 heavy (non-hydrogen) atoms. The van der Waals surface area contributed by atoms with E-state index in [0.717, 1.165) is 23.4 Å². The van der Waals surface area contributed by atoms with E-state index >= 15 is 0 Å². The molecule has 2 N–H and O–H groups in total. The molecule has 2 aromatic rings. The highest BCUT2D eigenvalue weighted by atomic mass is 32.2. The molecule has 0 amide bonds. The molecule has 0 saturated carbocycles. The second kappa shape index (κ2) is 4.76. The van der Waals surface area contributed by atoms with Crippen LogP contribution in [0.2, 0.25) is 0 Å². The summed E-state index contributed by atoms with van der Waals surface area (Å²) in [5.74, 6) is 0.968. The van der Waals surface area contributed by atoms with Crippen molar-refractivity contribution in [3.63, 3.8) is 0 Å². The Morgan fingerprint density at radius 1 is 1.44 bits per heavy atom. The first-order valence-electron chi connectivity index (χ1n) is 5.09. The SMILES string of the molecule is CN(C)CCSc1nc2cc(N)ccc2o1. The first kappa shape index (κ1) is 11.3. The fraction of sp³-hybridized carbons (Fsp3) is 0.364. The Hall–Kier alpha value is -1.20. The van der Waals surface area contributed by atoms with E-state index in [9.17, 15) is 0 Å². The maximum absolute atomic E-state index is 5.68. The van der Waals surface area contributed by atoms with Gasteiger partial charge in [0.1, 0.15) is 5.52 Å². The molecule has 0 bridgehead atoms. The number of hydrogen-bond donors (Lipinski definition) is 1. The first-order chi connectivity index (χ1) is 7.65. The number of oxazole rings is 1. The zero-order chi connectivity index (χ0) is 11.5. The molecule has 0 unspecified atom stereocenters. The lowest BCUT2D eigenvalue weighted by Crippen LogP contribution is -2.14. The minimum Gasteiger partial charge on any atom is -0.431 e. The molecule has 0 spiro atoms. The van der Waals surface area contributed by atoms with Gasteiger partial charge in [-0.15, -0.1) is 0 Å². The van der Waals surface area contributed by atoms with Crippen LogP contribution in [0.1, 0.15) is 0 Å². The van der Waals surface area contributed by atoms with Crippen molar-refractivity contribution in [1.82, 2.24) is 9.88 Å². The summed E-state index contributed by atoms with van der Waals surface area (Å²) in [6.45, 7) is 1.01. The van der Waals surface area contributed by atoms with Gasteiger partial charge in [0.15, 0.2) is 5.58 Å². The van der Waals surface area contributed by atoms with Crippen LogP contribution in [0.25, 0.3) is 11.1 Å². The lowest BCUT2D eigenvalue weighted by Gasteiger charge is -2.06. The molecule has 2 rings (SSSR count). The fourth-order valence-corrected chi connectivity index (χ4v) is 2.24. The Bertz CT molecular complexity index is 481. The molecule has 1 heterocycles. The summed E-state index contributed by atoms with van der Waals surface area (Å²) in [6, 6.07) is 5.50. The van der Waals surface area contributed by atoms with Crippen molar-refractivity contribution in [2.45, 2.75) is 5.22 Å². The third kappa shape index (κ3) is 2.68. The topological polar surface area (TPSA) is 55.3 Å². The van der Waals surface area contributed by atoms with Gasteiger partial charge in [0, 0.05) is 18.0 Å². The second-order valence-corrected chi connectivity index (χ2v) is 4.90. The Kier molecular flexibility index (Phi) is 3.36. The molecule has 0 radical (unpaired) electrons. The van der Waals surface area contributed by atoms with Gasteiger partial charge in [-0.1, -0.05) is 11.8 Å². The van der Waals surface area contributed by atoms with Crippen molar-refractivity contribution in [1.29, 1.82) is 0 Å². The Balaban J connectivity index is 2.08. The van der Waals surface area contributed by atoms with Gasteiger partial charge in [0.25, 0.3) is 5.22 Å². The molecule has 5 heteroatoms. The highest BCUT2D eigenvalue weighted by molar-refractivity contribution is 7.99. The van der Waals surface area contributed by atoms with Gasteiger partial charge >= 0.3 is 0 Å². The van der Waals surface area contributed by atoms with Crippen molar-refractivity contribution in [3.05, 3.63) is 18.2 Å². The molecular formula is C11H15N3OS. The molecule has 4 nitrogen and oxygen atoms in total. The maximum atomic E-state index is 5.68. The average molecular weight is 237 g/mol. The molecule has 0 aliphatic carbocycles. The first-order valence-corrected chi connectivity index (χ1v) is 6.07. The molecule has 1 aromatic carbocycles. The van der Waals surface area contributed by atoms with Gasteiger partial charge in [-0.2, -0.15) is 0 Å². The van der Waals surface area contributed by atoms with Crippen LogP contribution in [-0.2, 0) is 0 Å². The number of thioether (sulfide) groups is 1. The molecule has 0 aliphatic heterocycles. The van der Waals surface area contributed by atoms with Crippen molar-refractivity contribution in [2.75, 3.05) is 32.1 Å². The zero-order valence-corrected chi connectivity index (χ0v) is 10.3. The van der Waals surface area contributed by atoms with E-state index in [2.05, 4.69) is 9.88 Å². The molecule has 0 saturated heterocycles. The van der Waals surface area contributed by atoms with Crippen molar-refractivity contribution >= 4 is 28.5 Å². The van der Waals surface area contributed by atoms with E-state index in [-0.39, 0.29) is 0 Å². The predicted molar refractivity (Wildman–Crippen MR) is 67.7 cm³/mol. The molecule has 0 aliphatic rings. The van der Waals surface area contributed by atoms with Crippen LogP contribution in [0, 0.1) is 0 Å². The van der Waals surface area contributed by atoms with E-state index < -0.39 is 0 Å². The number of fused-ring (bicyclic) bond motifs is 1. The second-order valence-electron chi connectivity index (χ2n) is 3.86.